The molecule has 1 aliphatic rings. The molecule has 0 unspecified atom stereocenters. The van der Waals surface area contributed by atoms with E-state index in [1.165, 1.54) is 0 Å². The van der Waals surface area contributed by atoms with Gasteiger partial charge in [-0.15, -0.1) is 0 Å². The SMILES string of the molecule is Cc1nc2ccccc2nc1N1CCC(C(=O)NCc2ccccc2)CC1. The summed E-state index contributed by atoms with van der Waals surface area (Å²) in [7, 11) is 0. The lowest BCUT2D eigenvalue weighted by molar-refractivity contribution is -0.125. The molecule has 4 rings (SSSR count). The summed E-state index contributed by atoms with van der Waals surface area (Å²) in [4.78, 5) is 24.3. The average Bonchev–Trinajstić information content (AvgIpc) is 2.72. The van der Waals surface area contributed by atoms with Gasteiger partial charge in [0, 0.05) is 25.6 Å². The minimum absolute atomic E-state index is 0.0682. The number of hydrogen-bond donors (Lipinski definition) is 1. The predicted molar refractivity (Wildman–Crippen MR) is 108 cm³/mol. The Morgan fingerprint density at radius 2 is 1.63 bits per heavy atom. The van der Waals surface area contributed by atoms with Gasteiger partial charge in [0.25, 0.3) is 0 Å². The van der Waals surface area contributed by atoms with Crippen LogP contribution in [0.25, 0.3) is 11.0 Å². The molecule has 3 aromatic rings. The maximum atomic E-state index is 12.5. The fourth-order valence-electron chi connectivity index (χ4n) is 3.66. The van der Waals surface area contributed by atoms with Crippen molar-refractivity contribution in [3.63, 3.8) is 0 Å². The van der Waals surface area contributed by atoms with Crippen LogP contribution in [-0.2, 0) is 11.3 Å². The van der Waals surface area contributed by atoms with Gasteiger partial charge in [0.2, 0.25) is 5.91 Å². The zero-order valence-electron chi connectivity index (χ0n) is 15.6. The Balaban J connectivity index is 1.37. The fraction of sp³-hybridized carbons (Fsp3) is 0.318. The fourth-order valence-corrected chi connectivity index (χ4v) is 3.66. The molecule has 0 radical (unpaired) electrons. The second-order valence-corrected chi connectivity index (χ2v) is 7.09. The first-order valence-electron chi connectivity index (χ1n) is 9.50. The van der Waals surface area contributed by atoms with Crippen LogP contribution < -0.4 is 10.2 Å². The van der Waals surface area contributed by atoms with Crippen LogP contribution >= 0.6 is 0 Å². The molecular formula is C22H24N4O. The third kappa shape index (κ3) is 3.92. The van der Waals surface area contributed by atoms with Gasteiger partial charge in [0.15, 0.2) is 5.82 Å². The maximum Gasteiger partial charge on any atom is 0.223 e. The van der Waals surface area contributed by atoms with Crippen LogP contribution in [0.5, 0.6) is 0 Å². The molecule has 1 fully saturated rings. The van der Waals surface area contributed by atoms with Gasteiger partial charge >= 0.3 is 0 Å². The summed E-state index contributed by atoms with van der Waals surface area (Å²) >= 11 is 0. The standard InChI is InChI=1S/C22H24N4O/c1-16-21(25-20-10-6-5-9-19(20)24-16)26-13-11-18(12-14-26)22(27)23-15-17-7-3-2-4-8-17/h2-10,18H,11-15H2,1H3,(H,23,27). The van der Waals surface area contributed by atoms with Crippen molar-refractivity contribution in [2.45, 2.75) is 26.3 Å². The van der Waals surface area contributed by atoms with Gasteiger partial charge in [-0.1, -0.05) is 42.5 Å². The lowest BCUT2D eigenvalue weighted by atomic mass is 9.95. The molecular weight excluding hydrogens is 336 g/mol. The average molecular weight is 360 g/mol. The Morgan fingerprint density at radius 3 is 2.33 bits per heavy atom. The number of fused-ring (bicyclic) bond motifs is 1. The van der Waals surface area contributed by atoms with Crippen molar-refractivity contribution < 1.29 is 4.79 Å². The summed E-state index contributed by atoms with van der Waals surface area (Å²) in [5.41, 5.74) is 3.92. The van der Waals surface area contributed by atoms with E-state index in [0.29, 0.717) is 6.54 Å². The number of carbonyl (C=O) groups excluding carboxylic acids is 1. The molecule has 0 spiro atoms. The van der Waals surface area contributed by atoms with Gasteiger partial charge in [0.05, 0.1) is 16.7 Å². The second kappa shape index (κ2) is 7.74. The van der Waals surface area contributed by atoms with Gasteiger partial charge in [-0.3, -0.25) is 4.79 Å². The Bertz CT molecular complexity index is 933. The van der Waals surface area contributed by atoms with Crippen molar-refractivity contribution in [2.75, 3.05) is 18.0 Å². The number of nitrogens with zero attached hydrogens (tertiary/aromatic N) is 3. The molecule has 0 atom stereocenters. The summed E-state index contributed by atoms with van der Waals surface area (Å²) in [6.07, 6.45) is 1.68. The number of amides is 1. The topological polar surface area (TPSA) is 58.1 Å². The van der Waals surface area contributed by atoms with Crippen molar-refractivity contribution in [2.24, 2.45) is 5.92 Å². The van der Waals surface area contributed by atoms with Gasteiger partial charge in [-0.2, -0.15) is 0 Å². The molecule has 1 saturated heterocycles. The van der Waals surface area contributed by atoms with Crippen LogP contribution in [0, 0.1) is 12.8 Å². The summed E-state index contributed by atoms with van der Waals surface area (Å²) in [6, 6.07) is 18.0. The van der Waals surface area contributed by atoms with Crippen molar-refractivity contribution in [3.8, 4) is 0 Å². The normalized spacial score (nSPS) is 15.1. The third-order valence-corrected chi connectivity index (χ3v) is 5.19. The van der Waals surface area contributed by atoms with E-state index in [1.54, 1.807) is 0 Å². The highest BCUT2D eigenvalue weighted by Gasteiger charge is 2.26. The number of benzene rings is 2. The second-order valence-electron chi connectivity index (χ2n) is 7.09. The molecule has 0 bridgehead atoms. The van der Waals surface area contributed by atoms with Crippen LogP contribution in [0.15, 0.2) is 54.6 Å². The molecule has 5 heteroatoms. The largest absolute Gasteiger partial charge is 0.355 e. The van der Waals surface area contributed by atoms with Crippen LogP contribution in [0.4, 0.5) is 5.82 Å². The van der Waals surface area contributed by atoms with Gasteiger partial charge in [-0.25, -0.2) is 9.97 Å². The highest BCUT2D eigenvalue weighted by molar-refractivity contribution is 5.79. The van der Waals surface area contributed by atoms with Gasteiger partial charge in [-0.05, 0) is 37.5 Å². The Labute approximate surface area is 159 Å². The minimum atomic E-state index is 0.0682. The minimum Gasteiger partial charge on any atom is -0.355 e. The number of anilines is 1. The Kier molecular flexibility index (Phi) is 5.01. The van der Waals surface area contributed by atoms with E-state index in [1.807, 2.05) is 61.5 Å². The molecule has 27 heavy (non-hydrogen) atoms. The first kappa shape index (κ1) is 17.5. The van der Waals surface area contributed by atoms with E-state index in [9.17, 15) is 4.79 Å². The monoisotopic (exact) mass is 360 g/mol. The zero-order valence-corrected chi connectivity index (χ0v) is 15.6. The van der Waals surface area contributed by atoms with Gasteiger partial charge < -0.3 is 10.2 Å². The van der Waals surface area contributed by atoms with Crippen LogP contribution in [0.1, 0.15) is 24.1 Å². The third-order valence-electron chi connectivity index (χ3n) is 5.19. The molecule has 0 saturated carbocycles. The molecule has 5 nitrogen and oxygen atoms in total. The van der Waals surface area contributed by atoms with Crippen molar-refractivity contribution in [3.05, 3.63) is 65.9 Å². The Morgan fingerprint density at radius 1 is 1.00 bits per heavy atom. The van der Waals surface area contributed by atoms with E-state index >= 15 is 0 Å². The number of carbonyl (C=O) groups is 1. The van der Waals surface area contributed by atoms with Crippen LogP contribution in [-0.4, -0.2) is 29.0 Å². The molecule has 2 heterocycles. The first-order chi connectivity index (χ1) is 13.2. The highest BCUT2D eigenvalue weighted by Crippen LogP contribution is 2.25. The number of aryl methyl sites for hydroxylation is 1. The molecule has 2 aromatic carbocycles. The van der Waals surface area contributed by atoms with Gasteiger partial charge in [0.1, 0.15) is 0 Å². The molecule has 1 amide bonds. The quantitative estimate of drug-likeness (QED) is 0.774. The maximum absolute atomic E-state index is 12.5. The summed E-state index contributed by atoms with van der Waals surface area (Å²) < 4.78 is 0. The lowest BCUT2D eigenvalue weighted by Crippen LogP contribution is -2.41. The number of aromatic nitrogens is 2. The number of hydrogen-bond acceptors (Lipinski definition) is 4. The molecule has 138 valence electrons. The number of nitrogens with one attached hydrogen (secondary N) is 1. The predicted octanol–water partition coefficient (Wildman–Crippen LogP) is 3.47. The molecule has 1 aromatic heterocycles. The molecule has 1 N–H and O–H groups in total. The first-order valence-corrected chi connectivity index (χ1v) is 9.50. The Hall–Kier alpha value is -2.95. The van der Waals surface area contributed by atoms with Crippen LogP contribution in [0.3, 0.4) is 0 Å². The lowest BCUT2D eigenvalue weighted by Gasteiger charge is -2.32. The summed E-state index contributed by atoms with van der Waals surface area (Å²) in [6.45, 7) is 4.26. The smallest absolute Gasteiger partial charge is 0.223 e. The van der Waals surface area contributed by atoms with Crippen molar-refractivity contribution >= 4 is 22.8 Å². The van der Waals surface area contributed by atoms with E-state index < -0.39 is 0 Å². The molecule has 1 aliphatic heterocycles. The van der Waals surface area contributed by atoms with E-state index in [-0.39, 0.29) is 11.8 Å². The summed E-state index contributed by atoms with van der Waals surface area (Å²) in [5, 5.41) is 3.07. The van der Waals surface area contributed by atoms with E-state index in [4.69, 9.17) is 4.98 Å². The zero-order chi connectivity index (χ0) is 18.6. The van der Waals surface area contributed by atoms with Crippen molar-refractivity contribution in [1.82, 2.24) is 15.3 Å². The molecule has 0 aliphatic carbocycles. The number of piperidine rings is 1. The van der Waals surface area contributed by atoms with Crippen molar-refractivity contribution in [1.29, 1.82) is 0 Å². The van der Waals surface area contributed by atoms with Crippen LogP contribution in [0.2, 0.25) is 0 Å². The number of para-hydroxylation sites is 2. The highest BCUT2D eigenvalue weighted by atomic mass is 16.1. The van der Waals surface area contributed by atoms with E-state index in [0.717, 1.165) is 54.0 Å². The number of rotatable bonds is 4. The summed E-state index contributed by atoms with van der Waals surface area (Å²) in [5.74, 6) is 1.16. The van der Waals surface area contributed by atoms with E-state index in [2.05, 4.69) is 15.2 Å².